The van der Waals surface area contributed by atoms with Crippen molar-refractivity contribution in [2.24, 2.45) is 0 Å². The molecule has 0 bridgehead atoms. The van der Waals surface area contributed by atoms with Crippen LogP contribution in [-0.4, -0.2) is 59.0 Å². The molecule has 1 saturated heterocycles. The van der Waals surface area contributed by atoms with E-state index in [1.807, 2.05) is 31.7 Å². The lowest BCUT2D eigenvalue weighted by Gasteiger charge is -2.35. The maximum Gasteiger partial charge on any atom is 0.319 e. The van der Waals surface area contributed by atoms with Gasteiger partial charge in [0.25, 0.3) is 5.91 Å². The van der Waals surface area contributed by atoms with Gasteiger partial charge in [-0.25, -0.2) is 14.8 Å². The molecular weight excluding hydrogens is 392 g/mol. The molecule has 3 amide bonds. The fourth-order valence-corrected chi connectivity index (χ4v) is 3.44. The fourth-order valence-electron chi connectivity index (χ4n) is 3.44. The highest BCUT2D eigenvalue weighted by atomic mass is 16.2. The number of nitrogens with one attached hydrogen (secondary N) is 2. The largest absolute Gasteiger partial charge is 0.353 e. The molecule has 1 aromatic heterocycles. The van der Waals surface area contributed by atoms with E-state index in [1.54, 1.807) is 24.3 Å². The molecule has 31 heavy (non-hydrogen) atoms. The van der Waals surface area contributed by atoms with Crippen LogP contribution in [-0.2, 0) is 0 Å². The summed E-state index contributed by atoms with van der Waals surface area (Å²) in [5, 5.41) is 5.54. The number of carbonyl (C=O) groups excluding carboxylic acids is 2. The van der Waals surface area contributed by atoms with Crippen LogP contribution >= 0.6 is 0 Å². The second-order valence-electron chi connectivity index (χ2n) is 8.49. The molecule has 3 rings (SSSR count). The molecule has 2 aromatic rings. The standard InChI is InChI=1S/C23H32N6O2/c1-15(2)21-25-17(5)14-20(27-21)28-10-12-29(13-11-28)22(30)18-6-8-19(9-7-18)26-23(31)24-16(3)4/h6-9,14-16H,10-13H2,1-5H3,(H2,24,26,31). The van der Waals surface area contributed by atoms with Gasteiger partial charge < -0.3 is 20.4 Å². The van der Waals surface area contributed by atoms with Gasteiger partial charge in [-0.3, -0.25) is 4.79 Å². The highest BCUT2D eigenvalue weighted by Crippen LogP contribution is 2.20. The summed E-state index contributed by atoms with van der Waals surface area (Å²) in [6.45, 7) is 12.7. The van der Waals surface area contributed by atoms with Crippen LogP contribution in [0.5, 0.6) is 0 Å². The maximum atomic E-state index is 12.9. The minimum Gasteiger partial charge on any atom is -0.353 e. The first-order valence-electron chi connectivity index (χ1n) is 10.8. The molecule has 0 aliphatic carbocycles. The van der Waals surface area contributed by atoms with Crippen LogP contribution in [0.3, 0.4) is 0 Å². The number of rotatable bonds is 5. The number of piperazine rings is 1. The normalized spacial score (nSPS) is 14.2. The number of aryl methyl sites for hydroxylation is 1. The van der Waals surface area contributed by atoms with Crippen molar-refractivity contribution in [3.8, 4) is 0 Å². The first-order chi connectivity index (χ1) is 14.7. The van der Waals surface area contributed by atoms with E-state index in [2.05, 4.69) is 34.4 Å². The Morgan fingerprint density at radius 1 is 0.968 bits per heavy atom. The van der Waals surface area contributed by atoms with Crippen molar-refractivity contribution in [1.82, 2.24) is 20.2 Å². The zero-order chi connectivity index (χ0) is 22.5. The van der Waals surface area contributed by atoms with Gasteiger partial charge in [0, 0.05) is 61.1 Å². The zero-order valence-electron chi connectivity index (χ0n) is 19.0. The van der Waals surface area contributed by atoms with Gasteiger partial charge in [0.2, 0.25) is 0 Å². The first kappa shape index (κ1) is 22.5. The van der Waals surface area contributed by atoms with E-state index in [4.69, 9.17) is 4.98 Å². The number of hydrogen-bond acceptors (Lipinski definition) is 5. The number of benzene rings is 1. The average molecular weight is 425 g/mol. The summed E-state index contributed by atoms with van der Waals surface area (Å²) in [7, 11) is 0. The molecule has 1 aromatic carbocycles. The van der Waals surface area contributed by atoms with Crippen molar-refractivity contribution in [2.75, 3.05) is 36.4 Å². The van der Waals surface area contributed by atoms with Crippen molar-refractivity contribution in [3.63, 3.8) is 0 Å². The molecule has 2 heterocycles. The van der Waals surface area contributed by atoms with Crippen LogP contribution in [0.25, 0.3) is 0 Å². The third kappa shape index (κ3) is 5.93. The van der Waals surface area contributed by atoms with Crippen LogP contribution in [0, 0.1) is 6.92 Å². The first-order valence-corrected chi connectivity index (χ1v) is 10.8. The van der Waals surface area contributed by atoms with Gasteiger partial charge in [0.15, 0.2) is 0 Å². The number of carbonyl (C=O) groups is 2. The van der Waals surface area contributed by atoms with Gasteiger partial charge in [-0.15, -0.1) is 0 Å². The molecule has 2 N–H and O–H groups in total. The Hall–Kier alpha value is -3.16. The van der Waals surface area contributed by atoms with Crippen LogP contribution in [0.1, 0.15) is 55.5 Å². The van der Waals surface area contributed by atoms with E-state index in [-0.39, 0.29) is 23.9 Å². The molecule has 8 heteroatoms. The summed E-state index contributed by atoms with van der Waals surface area (Å²) in [6.07, 6.45) is 0. The Bertz CT molecular complexity index is 918. The summed E-state index contributed by atoms with van der Waals surface area (Å²) in [5.74, 6) is 2.05. The number of anilines is 2. The Labute approximate surface area is 184 Å². The number of aromatic nitrogens is 2. The Kier molecular flexibility index (Phi) is 7.09. The van der Waals surface area contributed by atoms with Crippen molar-refractivity contribution in [2.45, 2.75) is 46.6 Å². The van der Waals surface area contributed by atoms with Crippen LogP contribution in [0.2, 0.25) is 0 Å². The van der Waals surface area contributed by atoms with Gasteiger partial charge in [0.05, 0.1) is 0 Å². The minimum absolute atomic E-state index is 0.000399. The van der Waals surface area contributed by atoms with Crippen molar-refractivity contribution >= 4 is 23.4 Å². The molecule has 166 valence electrons. The summed E-state index contributed by atoms with van der Waals surface area (Å²) < 4.78 is 0. The van der Waals surface area contributed by atoms with Gasteiger partial charge in [-0.05, 0) is 45.0 Å². The Balaban J connectivity index is 1.58. The molecule has 0 atom stereocenters. The predicted molar refractivity (Wildman–Crippen MR) is 123 cm³/mol. The summed E-state index contributed by atoms with van der Waals surface area (Å²) in [6, 6.07) is 8.81. The van der Waals surface area contributed by atoms with Crippen molar-refractivity contribution in [3.05, 3.63) is 47.4 Å². The highest BCUT2D eigenvalue weighted by Gasteiger charge is 2.23. The lowest BCUT2D eigenvalue weighted by molar-refractivity contribution is 0.0746. The van der Waals surface area contributed by atoms with E-state index in [0.717, 1.165) is 30.4 Å². The summed E-state index contributed by atoms with van der Waals surface area (Å²) in [5.41, 5.74) is 2.23. The average Bonchev–Trinajstić information content (AvgIpc) is 2.73. The quantitative estimate of drug-likeness (QED) is 0.768. The SMILES string of the molecule is Cc1cc(N2CCN(C(=O)c3ccc(NC(=O)NC(C)C)cc3)CC2)nc(C(C)C)n1. The third-order valence-electron chi connectivity index (χ3n) is 5.07. The van der Waals surface area contributed by atoms with Gasteiger partial charge in [-0.2, -0.15) is 0 Å². The number of amides is 3. The lowest BCUT2D eigenvalue weighted by Crippen LogP contribution is -2.49. The van der Waals surface area contributed by atoms with Crippen LogP contribution in [0.15, 0.2) is 30.3 Å². The van der Waals surface area contributed by atoms with E-state index in [9.17, 15) is 9.59 Å². The topological polar surface area (TPSA) is 90.5 Å². The smallest absolute Gasteiger partial charge is 0.319 e. The summed E-state index contributed by atoms with van der Waals surface area (Å²) >= 11 is 0. The molecular formula is C23H32N6O2. The monoisotopic (exact) mass is 424 g/mol. The van der Waals surface area contributed by atoms with Crippen molar-refractivity contribution < 1.29 is 9.59 Å². The second-order valence-corrected chi connectivity index (χ2v) is 8.49. The minimum atomic E-state index is -0.259. The van der Waals surface area contributed by atoms with E-state index in [0.29, 0.717) is 24.3 Å². The fraction of sp³-hybridized carbons (Fsp3) is 0.478. The number of nitrogens with zero attached hydrogens (tertiary/aromatic N) is 4. The molecule has 1 aliphatic heterocycles. The number of hydrogen-bond donors (Lipinski definition) is 2. The molecule has 0 radical (unpaired) electrons. The third-order valence-corrected chi connectivity index (χ3v) is 5.07. The second kappa shape index (κ2) is 9.76. The van der Waals surface area contributed by atoms with E-state index in [1.165, 1.54) is 0 Å². The van der Waals surface area contributed by atoms with E-state index < -0.39 is 0 Å². The zero-order valence-corrected chi connectivity index (χ0v) is 19.0. The maximum absolute atomic E-state index is 12.9. The van der Waals surface area contributed by atoms with Crippen LogP contribution < -0.4 is 15.5 Å². The van der Waals surface area contributed by atoms with Crippen LogP contribution in [0.4, 0.5) is 16.3 Å². The molecule has 0 unspecified atom stereocenters. The van der Waals surface area contributed by atoms with E-state index >= 15 is 0 Å². The lowest BCUT2D eigenvalue weighted by atomic mass is 10.1. The molecule has 8 nitrogen and oxygen atoms in total. The Morgan fingerprint density at radius 3 is 2.19 bits per heavy atom. The van der Waals surface area contributed by atoms with Gasteiger partial charge in [0.1, 0.15) is 11.6 Å². The number of urea groups is 1. The highest BCUT2D eigenvalue weighted by molar-refractivity contribution is 5.95. The van der Waals surface area contributed by atoms with Gasteiger partial charge in [-0.1, -0.05) is 13.8 Å². The van der Waals surface area contributed by atoms with Crippen molar-refractivity contribution in [1.29, 1.82) is 0 Å². The molecule has 1 aliphatic rings. The van der Waals surface area contributed by atoms with Gasteiger partial charge >= 0.3 is 6.03 Å². The summed E-state index contributed by atoms with van der Waals surface area (Å²) in [4.78, 5) is 38.0. The Morgan fingerprint density at radius 2 is 1.61 bits per heavy atom. The molecule has 1 fully saturated rings. The molecule has 0 spiro atoms. The molecule has 0 saturated carbocycles. The predicted octanol–water partition coefficient (Wildman–Crippen LogP) is 3.40.